The topological polar surface area (TPSA) is 95.9 Å². The third kappa shape index (κ3) is 2.99. The highest BCUT2D eigenvalue weighted by Crippen LogP contribution is 2.33. The highest BCUT2D eigenvalue weighted by atomic mass is 79.9. The van der Waals surface area contributed by atoms with Gasteiger partial charge in [0, 0.05) is 39.8 Å². The summed E-state index contributed by atoms with van der Waals surface area (Å²) in [5, 5.41) is 5.96. The molecule has 1 aliphatic rings. The summed E-state index contributed by atoms with van der Waals surface area (Å²) >= 11 is 3.51. The first-order valence-electron chi connectivity index (χ1n) is 9.45. The molecule has 1 unspecified atom stereocenters. The van der Waals surface area contributed by atoms with E-state index < -0.39 is 0 Å². The first kappa shape index (κ1) is 18.2. The molecule has 8 heteroatoms. The van der Waals surface area contributed by atoms with E-state index >= 15 is 0 Å². The van der Waals surface area contributed by atoms with Gasteiger partial charge in [0.25, 0.3) is 0 Å². The zero-order chi connectivity index (χ0) is 20.0. The van der Waals surface area contributed by atoms with Crippen LogP contribution in [0.2, 0.25) is 0 Å². The molecule has 0 spiro atoms. The van der Waals surface area contributed by atoms with Crippen molar-refractivity contribution in [3.05, 3.63) is 58.6 Å². The first-order valence-corrected chi connectivity index (χ1v) is 10.2. The molecule has 1 aliphatic heterocycles. The highest BCUT2D eigenvalue weighted by Gasteiger charge is 2.23. The number of pyridine rings is 2. The van der Waals surface area contributed by atoms with E-state index in [4.69, 9.17) is 10.5 Å². The molecule has 0 radical (unpaired) electrons. The quantitative estimate of drug-likeness (QED) is 0.369. The molecule has 5 rings (SSSR count). The number of halogens is 1. The molecule has 1 aromatic carbocycles. The van der Waals surface area contributed by atoms with Crippen molar-refractivity contribution < 1.29 is 9.53 Å². The molecule has 0 saturated carbocycles. The van der Waals surface area contributed by atoms with E-state index in [1.54, 1.807) is 36.9 Å². The van der Waals surface area contributed by atoms with Crippen LogP contribution < -0.4 is 5.73 Å². The monoisotopic (exact) mass is 451 g/mol. The van der Waals surface area contributed by atoms with Crippen molar-refractivity contribution in [1.82, 2.24) is 19.7 Å². The molecular weight excluding hydrogens is 434 g/mol. The van der Waals surface area contributed by atoms with Gasteiger partial charge in [-0.25, -0.2) is 4.68 Å². The second-order valence-electron chi connectivity index (χ2n) is 7.08. The Bertz CT molecular complexity index is 1250. The number of rotatable bonds is 3. The molecule has 1 fully saturated rings. The van der Waals surface area contributed by atoms with Crippen molar-refractivity contribution in [1.29, 1.82) is 0 Å². The van der Waals surface area contributed by atoms with E-state index in [0.29, 0.717) is 23.4 Å². The van der Waals surface area contributed by atoms with Gasteiger partial charge in [0.15, 0.2) is 12.0 Å². The number of fused-ring (bicyclic) bond motifs is 2. The van der Waals surface area contributed by atoms with E-state index in [0.717, 1.165) is 45.5 Å². The van der Waals surface area contributed by atoms with Crippen LogP contribution in [0.25, 0.3) is 21.8 Å². The lowest BCUT2D eigenvalue weighted by Crippen LogP contribution is -2.19. The lowest BCUT2D eigenvalue weighted by Gasteiger charge is -2.23. The summed E-state index contributed by atoms with van der Waals surface area (Å²) in [5.41, 5.74) is 9.13. The Kier molecular flexibility index (Phi) is 4.52. The number of aromatic nitrogens is 4. The van der Waals surface area contributed by atoms with E-state index in [-0.39, 0.29) is 12.0 Å². The number of nitrogens with two attached hydrogens (primary N) is 1. The minimum atomic E-state index is -0.198. The number of ketones is 1. The molecular formula is C21H18BrN5O2. The lowest BCUT2D eigenvalue weighted by molar-refractivity contribution is -0.0367. The van der Waals surface area contributed by atoms with Crippen LogP contribution in [0.3, 0.4) is 0 Å². The third-order valence-electron chi connectivity index (χ3n) is 5.33. The van der Waals surface area contributed by atoms with Gasteiger partial charge >= 0.3 is 0 Å². The number of carbonyl (C=O) groups is 1. The standard InChI is InChI=1S/C21H18BrN5O2/c22-16-8-13(19(23)12-4-3-6-25-20(12)16)21(28)15-9-24-11-17-14(15)10-26-27(17)18-5-1-2-7-29-18/h3-4,6,8-11,18H,1-2,5,7,23H2. The molecule has 2 N–H and O–H groups in total. The predicted octanol–water partition coefficient (Wildman–Crippen LogP) is 4.25. The van der Waals surface area contributed by atoms with Gasteiger partial charge in [0.1, 0.15) is 0 Å². The lowest BCUT2D eigenvalue weighted by atomic mass is 9.98. The summed E-state index contributed by atoms with van der Waals surface area (Å²) in [6.45, 7) is 0.716. The van der Waals surface area contributed by atoms with Crippen molar-refractivity contribution in [2.75, 3.05) is 12.3 Å². The van der Waals surface area contributed by atoms with Crippen molar-refractivity contribution in [3.63, 3.8) is 0 Å². The number of hydrogen-bond donors (Lipinski definition) is 1. The number of carbonyl (C=O) groups excluding carboxylic acids is 1. The third-order valence-corrected chi connectivity index (χ3v) is 5.93. The molecule has 0 amide bonds. The molecule has 0 aliphatic carbocycles. The van der Waals surface area contributed by atoms with Crippen molar-refractivity contribution >= 4 is 49.2 Å². The number of hydrogen-bond acceptors (Lipinski definition) is 6. The number of nitrogen functional groups attached to an aromatic ring is 1. The Morgan fingerprint density at radius 2 is 2.10 bits per heavy atom. The Hall–Kier alpha value is -2.84. The van der Waals surface area contributed by atoms with Gasteiger partial charge < -0.3 is 10.5 Å². The van der Waals surface area contributed by atoms with Crippen LogP contribution in [0.4, 0.5) is 5.69 Å². The van der Waals surface area contributed by atoms with Crippen LogP contribution in [0.5, 0.6) is 0 Å². The summed E-state index contributed by atoms with van der Waals surface area (Å²) in [6, 6.07) is 5.38. The van der Waals surface area contributed by atoms with E-state index in [1.165, 1.54) is 0 Å². The molecule has 1 saturated heterocycles. The van der Waals surface area contributed by atoms with Crippen LogP contribution in [0.1, 0.15) is 41.4 Å². The summed E-state index contributed by atoms with van der Waals surface area (Å²) in [5.74, 6) is -0.198. The molecule has 4 heterocycles. The molecule has 4 aromatic rings. The van der Waals surface area contributed by atoms with Crippen molar-refractivity contribution in [3.8, 4) is 0 Å². The van der Waals surface area contributed by atoms with E-state index in [2.05, 4.69) is 31.0 Å². The van der Waals surface area contributed by atoms with E-state index in [1.807, 2.05) is 10.7 Å². The Balaban J connectivity index is 1.63. The van der Waals surface area contributed by atoms with Crippen molar-refractivity contribution in [2.24, 2.45) is 0 Å². The fraction of sp³-hybridized carbons (Fsp3) is 0.238. The maximum atomic E-state index is 13.4. The summed E-state index contributed by atoms with van der Waals surface area (Å²) in [6.07, 6.45) is 9.61. The second-order valence-corrected chi connectivity index (χ2v) is 7.93. The van der Waals surface area contributed by atoms with Gasteiger partial charge in [-0.1, -0.05) is 0 Å². The molecule has 3 aromatic heterocycles. The van der Waals surface area contributed by atoms with Crippen LogP contribution in [0, 0.1) is 0 Å². The van der Waals surface area contributed by atoms with Gasteiger partial charge in [-0.3, -0.25) is 14.8 Å². The van der Waals surface area contributed by atoms with Gasteiger partial charge in [0.05, 0.1) is 34.7 Å². The average Bonchev–Trinajstić information content (AvgIpc) is 3.21. The maximum absolute atomic E-state index is 13.4. The Morgan fingerprint density at radius 3 is 2.93 bits per heavy atom. The zero-order valence-corrected chi connectivity index (χ0v) is 17.1. The number of anilines is 1. The fourth-order valence-corrected chi connectivity index (χ4v) is 4.40. The second kappa shape index (κ2) is 7.20. The van der Waals surface area contributed by atoms with Gasteiger partial charge in [-0.2, -0.15) is 5.10 Å². The van der Waals surface area contributed by atoms with Gasteiger partial charge in [-0.15, -0.1) is 0 Å². The minimum Gasteiger partial charge on any atom is -0.398 e. The van der Waals surface area contributed by atoms with Crippen LogP contribution in [-0.2, 0) is 4.74 Å². The maximum Gasteiger partial charge on any atom is 0.197 e. The number of ether oxygens (including phenoxy) is 1. The summed E-state index contributed by atoms with van der Waals surface area (Å²) in [7, 11) is 0. The molecule has 29 heavy (non-hydrogen) atoms. The SMILES string of the molecule is Nc1c(C(=O)c2cncc3c2cnn3C2CCCCO2)cc(Br)c2ncccc12. The molecule has 0 bridgehead atoms. The average molecular weight is 452 g/mol. The number of nitrogens with zero attached hydrogens (tertiary/aromatic N) is 4. The molecule has 7 nitrogen and oxygen atoms in total. The Morgan fingerprint density at radius 1 is 1.21 bits per heavy atom. The minimum absolute atomic E-state index is 0.126. The first-order chi connectivity index (χ1) is 14.1. The van der Waals surface area contributed by atoms with Gasteiger partial charge in [0.2, 0.25) is 0 Å². The van der Waals surface area contributed by atoms with Gasteiger partial charge in [-0.05, 0) is 53.4 Å². The smallest absolute Gasteiger partial charge is 0.197 e. The van der Waals surface area contributed by atoms with E-state index in [9.17, 15) is 4.79 Å². The normalized spacial score (nSPS) is 17.1. The molecule has 146 valence electrons. The Labute approximate surface area is 175 Å². The number of benzene rings is 1. The summed E-state index contributed by atoms with van der Waals surface area (Å²) < 4.78 is 8.39. The fourth-order valence-electron chi connectivity index (χ4n) is 3.85. The highest BCUT2D eigenvalue weighted by molar-refractivity contribution is 9.10. The molecule has 1 atom stereocenters. The van der Waals surface area contributed by atoms with Crippen LogP contribution in [0.15, 0.2) is 47.5 Å². The summed E-state index contributed by atoms with van der Waals surface area (Å²) in [4.78, 5) is 22.1. The largest absolute Gasteiger partial charge is 0.398 e. The van der Waals surface area contributed by atoms with Crippen LogP contribution in [-0.4, -0.2) is 32.1 Å². The van der Waals surface area contributed by atoms with Crippen LogP contribution >= 0.6 is 15.9 Å². The predicted molar refractivity (Wildman–Crippen MR) is 114 cm³/mol. The van der Waals surface area contributed by atoms with Crippen molar-refractivity contribution in [2.45, 2.75) is 25.5 Å². The zero-order valence-electron chi connectivity index (χ0n) is 15.5.